The molecule has 0 spiro atoms. The lowest BCUT2D eigenvalue weighted by molar-refractivity contribution is -0.123. The zero-order valence-corrected chi connectivity index (χ0v) is 13.8. The van der Waals surface area contributed by atoms with E-state index in [0.717, 1.165) is 21.3 Å². The Labute approximate surface area is 138 Å². The molecule has 2 rings (SSSR count). The Kier molecular flexibility index (Phi) is 5.72. The van der Waals surface area contributed by atoms with Crippen molar-refractivity contribution in [2.45, 2.75) is 13.3 Å². The second kappa shape index (κ2) is 7.75. The van der Waals surface area contributed by atoms with E-state index in [1.54, 1.807) is 0 Å². The Hall–Kier alpha value is -2.14. The van der Waals surface area contributed by atoms with Crippen molar-refractivity contribution in [1.82, 2.24) is 5.32 Å². The van der Waals surface area contributed by atoms with Gasteiger partial charge in [0.1, 0.15) is 0 Å². The van der Waals surface area contributed by atoms with Gasteiger partial charge in [-0.1, -0.05) is 52.3 Å². The van der Waals surface area contributed by atoms with E-state index in [1.807, 2.05) is 55.5 Å². The molecular weight excluding hydrogens is 344 g/mol. The molecule has 114 valence electrons. The van der Waals surface area contributed by atoms with Crippen molar-refractivity contribution in [3.63, 3.8) is 0 Å². The average Bonchev–Trinajstić information content (AvgIpc) is 2.50. The highest BCUT2D eigenvalue weighted by atomic mass is 79.9. The summed E-state index contributed by atoms with van der Waals surface area (Å²) >= 11 is 3.40. The number of aryl methyl sites for hydroxylation is 1. The van der Waals surface area contributed by atoms with Crippen LogP contribution in [0, 0.1) is 6.92 Å². The fraction of sp³-hybridized carbons (Fsp3) is 0.176. The molecule has 0 unspecified atom stereocenters. The Bertz CT molecular complexity index is 626. The zero-order valence-electron chi connectivity index (χ0n) is 12.2. The van der Waals surface area contributed by atoms with Crippen LogP contribution in [0.25, 0.3) is 0 Å². The molecule has 0 atom stereocenters. The van der Waals surface area contributed by atoms with Crippen molar-refractivity contribution in [3.8, 4) is 0 Å². The summed E-state index contributed by atoms with van der Waals surface area (Å²) in [7, 11) is 0. The standard InChI is InChI=1S/C17H17BrN2O2/c1-12-6-2-5-9-15(12)20-17(22)11-19-16(21)10-13-7-3-4-8-14(13)18/h2-9H,10-11H2,1H3,(H,19,21)(H,20,22). The summed E-state index contributed by atoms with van der Waals surface area (Å²) in [5, 5.41) is 5.40. The monoisotopic (exact) mass is 360 g/mol. The maximum absolute atomic E-state index is 11.9. The first kappa shape index (κ1) is 16.2. The summed E-state index contributed by atoms with van der Waals surface area (Å²) in [5.74, 6) is -0.429. The van der Waals surface area contributed by atoms with Crippen LogP contribution >= 0.6 is 15.9 Å². The van der Waals surface area contributed by atoms with Crippen LogP contribution in [0.2, 0.25) is 0 Å². The molecule has 0 aliphatic heterocycles. The van der Waals surface area contributed by atoms with E-state index >= 15 is 0 Å². The lowest BCUT2D eigenvalue weighted by Crippen LogP contribution is -2.33. The van der Waals surface area contributed by atoms with Gasteiger partial charge in [0.2, 0.25) is 11.8 Å². The van der Waals surface area contributed by atoms with Gasteiger partial charge >= 0.3 is 0 Å². The number of para-hydroxylation sites is 1. The summed E-state index contributed by atoms with van der Waals surface area (Å²) < 4.78 is 0.884. The minimum absolute atomic E-state index is 0.0440. The van der Waals surface area contributed by atoms with Crippen molar-refractivity contribution in [3.05, 3.63) is 64.1 Å². The van der Waals surface area contributed by atoms with Crippen LogP contribution in [-0.2, 0) is 16.0 Å². The summed E-state index contributed by atoms with van der Waals surface area (Å²) in [6.07, 6.45) is 0.235. The van der Waals surface area contributed by atoms with Gasteiger partial charge in [-0.15, -0.1) is 0 Å². The lowest BCUT2D eigenvalue weighted by atomic mass is 10.1. The van der Waals surface area contributed by atoms with Gasteiger partial charge in [-0.3, -0.25) is 9.59 Å². The Morgan fingerprint density at radius 2 is 1.68 bits per heavy atom. The second-order valence-electron chi connectivity index (χ2n) is 4.91. The Morgan fingerprint density at radius 1 is 1.00 bits per heavy atom. The molecule has 2 aromatic carbocycles. The maximum atomic E-state index is 11.9. The zero-order chi connectivity index (χ0) is 15.9. The molecule has 5 heteroatoms. The molecule has 0 saturated carbocycles. The average molecular weight is 361 g/mol. The fourth-order valence-corrected chi connectivity index (χ4v) is 2.39. The number of anilines is 1. The van der Waals surface area contributed by atoms with Crippen molar-refractivity contribution in [2.75, 3.05) is 11.9 Å². The van der Waals surface area contributed by atoms with Crippen LogP contribution in [0.1, 0.15) is 11.1 Å². The number of carbonyl (C=O) groups excluding carboxylic acids is 2. The molecule has 0 fully saturated rings. The van der Waals surface area contributed by atoms with Crippen LogP contribution < -0.4 is 10.6 Å². The van der Waals surface area contributed by atoms with E-state index in [0.29, 0.717) is 0 Å². The molecule has 2 N–H and O–H groups in total. The first-order valence-electron chi connectivity index (χ1n) is 6.92. The topological polar surface area (TPSA) is 58.2 Å². The summed E-state index contributed by atoms with van der Waals surface area (Å²) in [5.41, 5.74) is 2.63. The van der Waals surface area contributed by atoms with Gasteiger partial charge in [0, 0.05) is 10.2 Å². The predicted octanol–water partition coefficient (Wildman–Crippen LogP) is 3.05. The predicted molar refractivity (Wildman–Crippen MR) is 90.7 cm³/mol. The number of nitrogens with one attached hydrogen (secondary N) is 2. The van der Waals surface area contributed by atoms with Gasteiger partial charge in [-0.05, 0) is 30.2 Å². The second-order valence-corrected chi connectivity index (χ2v) is 5.76. The van der Waals surface area contributed by atoms with E-state index in [1.165, 1.54) is 0 Å². The number of hydrogen-bond acceptors (Lipinski definition) is 2. The third kappa shape index (κ3) is 4.70. The molecule has 0 heterocycles. The maximum Gasteiger partial charge on any atom is 0.243 e. The highest BCUT2D eigenvalue weighted by molar-refractivity contribution is 9.10. The van der Waals surface area contributed by atoms with Crippen LogP contribution in [0.4, 0.5) is 5.69 Å². The van der Waals surface area contributed by atoms with E-state index in [9.17, 15) is 9.59 Å². The first-order valence-corrected chi connectivity index (χ1v) is 7.71. The van der Waals surface area contributed by atoms with Gasteiger partial charge in [-0.2, -0.15) is 0 Å². The van der Waals surface area contributed by atoms with Gasteiger partial charge in [0.15, 0.2) is 0 Å². The normalized spacial score (nSPS) is 10.1. The Balaban J connectivity index is 1.82. The highest BCUT2D eigenvalue weighted by Crippen LogP contribution is 2.16. The van der Waals surface area contributed by atoms with Crippen molar-refractivity contribution in [2.24, 2.45) is 0 Å². The van der Waals surface area contributed by atoms with Crippen LogP contribution in [-0.4, -0.2) is 18.4 Å². The molecule has 0 bridgehead atoms. The quantitative estimate of drug-likeness (QED) is 0.860. The van der Waals surface area contributed by atoms with E-state index in [2.05, 4.69) is 26.6 Å². The molecule has 22 heavy (non-hydrogen) atoms. The molecule has 0 radical (unpaired) electrons. The summed E-state index contributed by atoms with van der Waals surface area (Å²) in [6.45, 7) is 1.87. The lowest BCUT2D eigenvalue weighted by Gasteiger charge is -2.09. The smallest absolute Gasteiger partial charge is 0.243 e. The number of halogens is 1. The molecule has 0 aromatic heterocycles. The highest BCUT2D eigenvalue weighted by Gasteiger charge is 2.09. The van der Waals surface area contributed by atoms with Gasteiger partial charge in [0.05, 0.1) is 13.0 Å². The van der Waals surface area contributed by atoms with Gasteiger partial charge in [-0.25, -0.2) is 0 Å². The molecule has 0 aliphatic rings. The van der Waals surface area contributed by atoms with Crippen molar-refractivity contribution in [1.29, 1.82) is 0 Å². The summed E-state index contributed by atoms with van der Waals surface area (Å²) in [4.78, 5) is 23.7. The minimum Gasteiger partial charge on any atom is -0.347 e. The molecule has 0 saturated heterocycles. The molecule has 0 aliphatic carbocycles. The Morgan fingerprint density at radius 3 is 2.41 bits per heavy atom. The van der Waals surface area contributed by atoms with Crippen LogP contribution in [0.5, 0.6) is 0 Å². The van der Waals surface area contributed by atoms with Crippen LogP contribution in [0.15, 0.2) is 53.0 Å². The SMILES string of the molecule is Cc1ccccc1NC(=O)CNC(=O)Cc1ccccc1Br. The number of rotatable bonds is 5. The van der Waals surface area contributed by atoms with Crippen molar-refractivity contribution >= 4 is 33.4 Å². The van der Waals surface area contributed by atoms with E-state index < -0.39 is 0 Å². The number of amides is 2. The molecular formula is C17H17BrN2O2. The third-order valence-corrected chi connectivity index (χ3v) is 3.95. The third-order valence-electron chi connectivity index (χ3n) is 3.17. The fourth-order valence-electron chi connectivity index (χ4n) is 1.96. The first-order chi connectivity index (χ1) is 10.6. The summed E-state index contributed by atoms with van der Waals surface area (Å²) in [6, 6.07) is 15.0. The number of carbonyl (C=O) groups is 2. The van der Waals surface area contributed by atoms with Gasteiger partial charge < -0.3 is 10.6 Å². The number of hydrogen-bond donors (Lipinski definition) is 2. The van der Waals surface area contributed by atoms with E-state index in [-0.39, 0.29) is 24.8 Å². The number of benzene rings is 2. The van der Waals surface area contributed by atoms with Crippen LogP contribution in [0.3, 0.4) is 0 Å². The molecule has 2 aromatic rings. The van der Waals surface area contributed by atoms with Gasteiger partial charge in [0.25, 0.3) is 0 Å². The van der Waals surface area contributed by atoms with Crippen molar-refractivity contribution < 1.29 is 9.59 Å². The minimum atomic E-state index is -0.241. The molecule has 2 amide bonds. The molecule has 4 nitrogen and oxygen atoms in total. The van der Waals surface area contributed by atoms with E-state index in [4.69, 9.17) is 0 Å². The largest absolute Gasteiger partial charge is 0.347 e.